The molecule has 102 valence electrons. The zero-order valence-electron chi connectivity index (χ0n) is 11.9. The summed E-state index contributed by atoms with van der Waals surface area (Å²) in [6.07, 6.45) is 11.6. The van der Waals surface area contributed by atoms with Gasteiger partial charge in [-0.05, 0) is 48.9 Å². The van der Waals surface area contributed by atoms with Crippen LogP contribution in [-0.4, -0.2) is 29.0 Å². The Morgan fingerprint density at radius 1 is 1.20 bits per heavy atom. The Kier molecular flexibility index (Phi) is 2.85. The summed E-state index contributed by atoms with van der Waals surface area (Å²) in [4.78, 5) is 6.88. The number of likely N-dealkylation sites (N-methyl/N-ethyl adjacent to an activating group) is 1. The maximum Gasteiger partial charge on any atom is 0.0352 e. The Morgan fingerprint density at radius 2 is 2.15 bits per heavy atom. The smallest absolute Gasteiger partial charge is 0.0352 e. The van der Waals surface area contributed by atoms with E-state index in [1.807, 2.05) is 12.4 Å². The molecule has 2 aromatic rings. The van der Waals surface area contributed by atoms with E-state index in [1.54, 1.807) is 0 Å². The molecule has 0 aliphatic carbocycles. The largest absolute Gasteiger partial charge is 0.297 e. The second-order valence-electron chi connectivity index (χ2n) is 6.12. The van der Waals surface area contributed by atoms with Crippen LogP contribution in [-0.2, 0) is 0 Å². The Balaban J connectivity index is 1.84. The molecule has 2 atom stereocenters. The van der Waals surface area contributed by atoms with Gasteiger partial charge in [-0.1, -0.05) is 30.7 Å². The number of nitrogens with zero attached hydrogens (tertiary/aromatic N) is 2. The normalized spacial score (nSPS) is 26.6. The number of fused-ring (bicyclic) bond motifs is 3. The number of pyridine rings is 1. The maximum absolute atomic E-state index is 4.32. The average Bonchev–Trinajstić information content (AvgIpc) is 2.46. The molecular weight excluding hydrogens is 244 g/mol. The third-order valence-corrected chi connectivity index (χ3v) is 5.02. The van der Waals surface area contributed by atoms with Crippen LogP contribution < -0.4 is 0 Å². The molecule has 2 aliphatic heterocycles. The van der Waals surface area contributed by atoms with Gasteiger partial charge in [0.1, 0.15) is 0 Å². The molecule has 4 rings (SSSR count). The van der Waals surface area contributed by atoms with Gasteiger partial charge in [0.2, 0.25) is 0 Å². The van der Waals surface area contributed by atoms with Gasteiger partial charge < -0.3 is 0 Å². The molecule has 0 N–H and O–H groups in total. The summed E-state index contributed by atoms with van der Waals surface area (Å²) in [6, 6.07) is 10.1. The predicted octanol–water partition coefficient (Wildman–Crippen LogP) is 3.87. The highest BCUT2D eigenvalue weighted by molar-refractivity contribution is 5.93. The van der Waals surface area contributed by atoms with Crippen LogP contribution in [0.5, 0.6) is 0 Å². The molecule has 1 fully saturated rings. The topological polar surface area (TPSA) is 16.1 Å². The van der Waals surface area contributed by atoms with Crippen molar-refractivity contribution in [3.8, 4) is 0 Å². The highest BCUT2D eigenvalue weighted by Crippen LogP contribution is 2.37. The number of aromatic nitrogens is 1. The molecule has 2 bridgehead atoms. The second-order valence-corrected chi connectivity index (χ2v) is 6.12. The number of piperidine rings is 1. The first kappa shape index (κ1) is 12.1. The molecule has 0 spiro atoms. The van der Waals surface area contributed by atoms with Gasteiger partial charge >= 0.3 is 0 Å². The van der Waals surface area contributed by atoms with Crippen molar-refractivity contribution >= 4 is 16.3 Å². The van der Waals surface area contributed by atoms with Crippen molar-refractivity contribution in [1.29, 1.82) is 0 Å². The van der Waals surface area contributed by atoms with E-state index in [1.165, 1.54) is 47.6 Å². The third-order valence-electron chi connectivity index (χ3n) is 5.02. The van der Waals surface area contributed by atoms with Gasteiger partial charge in [0, 0.05) is 29.9 Å². The Morgan fingerprint density at radius 3 is 3.05 bits per heavy atom. The quantitative estimate of drug-likeness (QED) is 0.777. The molecule has 2 unspecified atom stereocenters. The van der Waals surface area contributed by atoms with E-state index in [0.717, 1.165) is 6.04 Å². The molecule has 0 amide bonds. The highest BCUT2D eigenvalue weighted by atomic mass is 15.2. The van der Waals surface area contributed by atoms with Gasteiger partial charge in [-0.15, -0.1) is 0 Å². The lowest BCUT2D eigenvalue weighted by Crippen LogP contribution is -2.45. The van der Waals surface area contributed by atoms with E-state index in [0.29, 0.717) is 6.04 Å². The van der Waals surface area contributed by atoms with Gasteiger partial charge in [-0.2, -0.15) is 0 Å². The summed E-state index contributed by atoms with van der Waals surface area (Å²) in [5.41, 5.74) is 2.91. The Bertz CT molecular complexity index is 669. The molecule has 2 heteroatoms. The molecule has 3 heterocycles. The first-order valence-electron chi connectivity index (χ1n) is 7.59. The SMILES string of the molecule is CN1C2C=C(c3cccc4ccncc34)CC1CCC2. The summed E-state index contributed by atoms with van der Waals surface area (Å²) in [6.45, 7) is 0. The maximum atomic E-state index is 4.32. The van der Waals surface area contributed by atoms with Crippen LogP contribution in [0, 0.1) is 0 Å². The minimum absolute atomic E-state index is 0.629. The monoisotopic (exact) mass is 264 g/mol. The molecule has 1 saturated heterocycles. The molecular formula is C18H20N2. The number of rotatable bonds is 1. The first-order valence-corrected chi connectivity index (χ1v) is 7.59. The van der Waals surface area contributed by atoms with Crippen molar-refractivity contribution in [2.75, 3.05) is 7.05 Å². The van der Waals surface area contributed by atoms with E-state index in [9.17, 15) is 0 Å². The van der Waals surface area contributed by atoms with Crippen molar-refractivity contribution in [3.63, 3.8) is 0 Å². The molecule has 0 radical (unpaired) electrons. The van der Waals surface area contributed by atoms with E-state index >= 15 is 0 Å². The molecule has 1 aromatic carbocycles. The van der Waals surface area contributed by atoms with Gasteiger partial charge in [0.15, 0.2) is 0 Å². The zero-order valence-corrected chi connectivity index (χ0v) is 11.9. The minimum Gasteiger partial charge on any atom is -0.297 e. The Hall–Kier alpha value is -1.67. The van der Waals surface area contributed by atoms with Crippen LogP contribution in [0.4, 0.5) is 0 Å². The van der Waals surface area contributed by atoms with E-state index < -0.39 is 0 Å². The third kappa shape index (κ3) is 1.87. The molecule has 1 aromatic heterocycles. The summed E-state index contributed by atoms with van der Waals surface area (Å²) >= 11 is 0. The zero-order chi connectivity index (χ0) is 13.5. The first-order chi connectivity index (χ1) is 9.83. The molecule has 0 saturated carbocycles. The lowest BCUT2D eigenvalue weighted by Gasteiger charge is -2.43. The van der Waals surface area contributed by atoms with Crippen LogP contribution in [0.1, 0.15) is 31.2 Å². The van der Waals surface area contributed by atoms with Crippen molar-refractivity contribution in [2.24, 2.45) is 0 Å². The fourth-order valence-corrected chi connectivity index (χ4v) is 3.83. The van der Waals surface area contributed by atoms with Crippen LogP contribution >= 0.6 is 0 Å². The van der Waals surface area contributed by atoms with E-state index in [2.05, 4.69) is 47.3 Å². The van der Waals surface area contributed by atoms with E-state index in [-0.39, 0.29) is 0 Å². The van der Waals surface area contributed by atoms with Crippen molar-refractivity contribution < 1.29 is 0 Å². The Labute approximate surface area is 120 Å². The van der Waals surface area contributed by atoms with Gasteiger partial charge in [0.05, 0.1) is 0 Å². The summed E-state index contributed by atoms with van der Waals surface area (Å²) in [5, 5.41) is 2.59. The molecule has 2 nitrogen and oxygen atoms in total. The number of hydrogen-bond acceptors (Lipinski definition) is 2. The fraction of sp³-hybridized carbons (Fsp3) is 0.389. The van der Waals surface area contributed by atoms with Crippen LogP contribution in [0.3, 0.4) is 0 Å². The summed E-state index contributed by atoms with van der Waals surface area (Å²) in [5.74, 6) is 0. The fourth-order valence-electron chi connectivity index (χ4n) is 3.83. The number of hydrogen-bond donors (Lipinski definition) is 0. The predicted molar refractivity (Wildman–Crippen MR) is 83.5 cm³/mol. The second kappa shape index (κ2) is 4.71. The average molecular weight is 264 g/mol. The van der Waals surface area contributed by atoms with Crippen LogP contribution in [0.25, 0.3) is 16.3 Å². The summed E-state index contributed by atoms with van der Waals surface area (Å²) < 4.78 is 0. The van der Waals surface area contributed by atoms with Crippen LogP contribution in [0.2, 0.25) is 0 Å². The van der Waals surface area contributed by atoms with Gasteiger partial charge in [-0.25, -0.2) is 0 Å². The van der Waals surface area contributed by atoms with Crippen molar-refractivity contribution in [2.45, 2.75) is 37.8 Å². The lowest BCUT2D eigenvalue weighted by molar-refractivity contribution is 0.137. The van der Waals surface area contributed by atoms with Gasteiger partial charge in [0.25, 0.3) is 0 Å². The van der Waals surface area contributed by atoms with Crippen molar-refractivity contribution in [1.82, 2.24) is 9.88 Å². The van der Waals surface area contributed by atoms with E-state index in [4.69, 9.17) is 0 Å². The lowest BCUT2D eigenvalue weighted by atomic mass is 9.82. The summed E-state index contributed by atoms with van der Waals surface area (Å²) in [7, 11) is 2.28. The highest BCUT2D eigenvalue weighted by Gasteiger charge is 2.31. The standard InChI is InChI=1S/C18H20N2/c1-20-15-5-3-6-16(20)11-14(10-15)17-7-2-4-13-8-9-19-12-18(13)17/h2,4,7-10,12,15-16H,3,5-6,11H2,1H3. The van der Waals surface area contributed by atoms with Crippen molar-refractivity contribution in [3.05, 3.63) is 48.3 Å². The molecule has 2 aliphatic rings. The number of benzene rings is 1. The van der Waals surface area contributed by atoms with Gasteiger partial charge in [-0.3, -0.25) is 9.88 Å². The molecule has 20 heavy (non-hydrogen) atoms. The minimum atomic E-state index is 0.629. The van der Waals surface area contributed by atoms with Crippen LogP contribution in [0.15, 0.2) is 42.7 Å².